The van der Waals surface area contributed by atoms with E-state index in [1.165, 1.54) is 0 Å². The van der Waals surface area contributed by atoms with Crippen LogP contribution in [-0.2, 0) is 19.7 Å². The van der Waals surface area contributed by atoms with Gasteiger partial charge in [0.15, 0.2) is 0 Å². The average Bonchev–Trinajstić information content (AvgIpc) is 2.61. The highest BCUT2D eigenvalue weighted by atomic mass is 16.5. The lowest BCUT2D eigenvalue weighted by Gasteiger charge is -2.40. The number of amides is 1. The number of benzene rings is 1. The zero-order chi connectivity index (χ0) is 18.4. The van der Waals surface area contributed by atoms with E-state index >= 15 is 0 Å². The Bertz CT molecular complexity index is 577. The number of piperidine rings is 1. The summed E-state index contributed by atoms with van der Waals surface area (Å²) in [5.41, 5.74) is -0.0874. The van der Waals surface area contributed by atoms with Crippen molar-refractivity contribution in [2.45, 2.75) is 51.6 Å². The van der Waals surface area contributed by atoms with Crippen LogP contribution < -0.4 is 0 Å². The van der Waals surface area contributed by atoms with Gasteiger partial charge in [0.25, 0.3) is 5.91 Å². The molecule has 1 atom stereocenters. The van der Waals surface area contributed by atoms with Crippen LogP contribution in [0.2, 0.25) is 0 Å². The molecular weight excluding hydrogens is 318 g/mol. The number of likely N-dealkylation sites (tertiary alicyclic amines) is 1. The lowest BCUT2D eigenvalue weighted by molar-refractivity contribution is -0.151. The molecule has 0 aliphatic carbocycles. The molecule has 1 heterocycles. The van der Waals surface area contributed by atoms with Crippen molar-refractivity contribution in [2.24, 2.45) is 5.92 Å². The summed E-state index contributed by atoms with van der Waals surface area (Å²) in [6.45, 7) is 7.47. The number of carboxylic acid groups (broad SMARTS) is 1. The summed E-state index contributed by atoms with van der Waals surface area (Å²) in [7, 11) is 0. The average molecular weight is 347 g/mol. The highest BCUT2D eigenvalue weighted by Gasteiger charge is 2.44. The Morgan fingerprint density at radius 3 is 2.28 bits per heavy atom. The first-order valence-corrected chi connectivity index (χ1v) is 9.06. The van der Waals surface area contributed by atoms with Gasteiger partial charge in [0.2, 0.25) is 0 Å². The Morgan fingerprint density at radius 2 is 1.76 bits per heavy atom. The van der Waals surface area contributed by atoms with Crippen LogP contribution in [0.4, 0.5) is 0 Å². The molecule has 1 aromatic rings. The largest absolute Gasteiger partial charge is 0.481 e. The molecule has 138 valence electrons. The van der Waals surface area contributed by atoms with Gasteiger partial charge in [-0.25, -0.2) is 0 Å². The number of carbonyl (C=O) groups excluding carboxylic acids is 1. The van der Waals surface area contributed by atoms with Gasteiger partial charge >= 0.3 is 5.97 Å². The molecule has 1 fully saturated rings. The molecule has 0 spiro atoms. The van der Waals surface area contributed by atoms with Crippen LogP contribution in [0.3, 0.4) is 0 Å². The molecular formula is C20H29NO4. The predicted octanol–water partition coefficient (Wildman–Crippen LogP) is 3.08. The molecule has 1 aliphatic heterocycles. The van der Waals surface area contributed by atoms with Crippen LogP contribution in [0.15, 0.2) is 30.3 Å². The molecule has 0 saturated carbocycles. The second-order valence-electron chi connectivity index (χ2n) is 7.27. The number of carbonyl (C=O) groups is 2. The number of rotatable bonds is 7. The second kappa shape index (κ2) is 8.48. The zero-order valence-corrected chi connectivity index (χ0v) is 15.4. The number of carboxylic acids is 1. The van der Waals surface area contributed by atoms with E-state index in [9.17, 15) is 14.7 Å². The Kier molecular flexibility index (Phi) is 6.59. The van der Waals surface area contributed by atoms with E-state index in [0.717, 1.165) is 12.0 Å². The summed E-state index contributed by atoms with van der Waals surface area (Å²) < 4.78 is 5.64. The molecule has 0 radical (unpaired) electrons. The van der Waals surface area contributed by atoms with E-state index in [1.54, 1.807) is 11.8 Å². The van der Waals surface area contributed by atoms with Gasteiger partial charge in [0.1, 0.15) is 6.10 Å². The van der Waals surface area contributed by atoms with Crippen LogP contribution in [0, 0.1) is 5.92 Å². The second-order valence-corrected chi connectivity index (χ2v) is 7.27. The number of hydrogen-bond donors (Lipinski definition) is 1. The van der Waals surface area contributed by atoms with Crippen LogP contribution in [0.1, 0.15) is 45.6 Å². The summed E-state index contributed by atoms with van der Waals surface area (Å²) in [6.07, 6.45) is 1.30. The molecule has 1 amide bonds. The molecule has 1 aromatic carbocycles. The lowest BCUT2D eigenvalue weighted by Crippen LogP contribution is -2.51. The topological polar surface area (TPSA) is 66.8 Å². The maximum absolute atomic E-state index is 12.5. The van der Waals surface area contributed by atoms with E-state index in [-0.39, 0.29) is 5.91 Å². The third-order valence-electron chi connectivity index (χ3n) is 5.08. The summed E-state index contributed by atoms with van der Waals surface area (Å²) in [4.78, 5) is 26.2. The first kappa shape index (κ1) is 19.4. The van der Waals surface area contributed by atoms with Crippen molar-refractivity contribution in [1.29, 1.82) is 0 Å². The quantitative estimate of drug-likeness (QED) is 0.823. The van der Waals surface area contributed by atoms with Crippen molar-refractivity contribution in [3.05, 3.63) is 35.9 Å². The van der Waals surface area contributed by atoms with E-state index < -0.39 is 17.5 Å². The minimum atomic E-state index is -0.903. The van der Waals surface area contributed by atoms with Crippen LogP contribution in [-0.4, -0.2) is 47.7 Å². The first-order valence-electron chi connectivity index (χ1n) is 9.06. The van der Waals surface area contributed by atoms with Crippen molar-refractivity contribution in [2.75, 3.05) is 19.7 Å². The van der Waals surface area contributed by atoms with Gasteiger partial charge in [-0.1, -0.05) is 44.2 Å². The Balaban J connectivity index is 1.97. The fourth-order valence-electron chi connectivity index (χ4n) is 3.30. The van der Waals surface area contributed by atoms with Crippen molar-refractivity contribution in [1.82, 2.24) is 4.90 Å². The molecule has 1 N–H and O–H groups in total. The molecule has 1 unspecified atom stereocenters. The van der Waals surface area contributed by atoms with E-state index in [1.807, 2.05) is 30.3 Å². The van der Waals surface area contributed by atoms with Crippen LogP contribution >= 0.6 is 0 Å². The van der Waals surface area contributed by atoms with Gasteiger partial charge in [-0.2, -0.15) is 0 Å². The highest BCUT2D eigenvalue weighted by molar-refractivity contribution is 5.84. The van der Waals surface area contributed by atoms with Crippen molar-refractivity contribution in [3.8, 4) is 0 Å². The Hall–Kier alpha value is -1.88. The third-order valence-corrected chi connectivity index (χ3v) is 5.08. The van der Waals surface area contributed by atoms with E-state index in [2.05, 4.69) is 13.8 Å². The predicted molar refractivity (Wildman–Crippen MR) is 96.4 cm³/mol. The maximum Gasteiger partial charge on any atom is 0.314 e. The highest BCUT2D eigenvalue weighted by Crippen LogP contribution is 2.36. The minimum Gasteiger partial charge on any atom is -0.481 e. The fourth-order valence-corrected chi connectivity index (χ4v) is 3.30. The smallest absolute Gasteiger partial charge is 0.314 e. The van der Waals surface area contributed by atoms with Gasteiger partial charge < -0.3 is 14.7 Å². The van der Waals surface area contributed by atoms with Crippen LogP contribution in [0.5, 0.6) is 0 Å². The fraction of sp³-hybridized carbons (Fsp3) is 0.600. The Labute approximate surface area is 150 Å². The van der Waals surface area contributed by atoms with Gasteiger partial charge in [-0.3, -0.25) is 9.59 Å². The van der Waals surface area contributed by atoms with Crippen molar-refractivity contribution in [3.63, 3.8) is 0 Å². The number of aliphatic carboxylic acids is 1. The summed E-state index contributed by atoms with van der Waals surface area (Å²) in [6, 6.07) is 9.34. The minimum absolute atomic E-state index is 0.0455. The zero-order valence-electron chi connectivity index (χ0n) is 15.4. The molecule has 5 nitrogen and oxygen atoms in total. The number of hydrogen-bond acceptors (Lipinski definition) is 3. The van der Waals surface area contributed by atoms with Crippen LogP contribution in [0.25, 0.3) is 0 Å². The van der Waals surface area contributed by atoms with E-state index in [0.29, 0.717) is 38.5 Å². The van der Waals surface area contributed by atoms with Gasteiger partial charge in [-0.15, -0.1) is 0 Å². The molecule has 1 saturated heterocycles. The summed E-state index contributed by atoms with van der Waals surface area (Å²) in [5.74, 6) is -0.317. The molecule has 5 heteroatoms. The summed E-state index contributed by atoms with van der Waals surface area (Å²) >= 11 is 0. The van der Waals surface area contributed by atoms with Gasteiger partial charge in [0, 0.05) is 19.7 Å². The monoisotopic (exact) mass is 347 g/mol. The van der Waals surface area contributed by atoms with E-state index in [4.69, 9.17) is 4.74 Å². The van der Waals surface area contributed by atoms with Gasteiger partial charge in [-0.05, 0) is 37.7 Å². The number of ether oxygens (including phenoxy) is 1. The van der Waals surface area contributed by atoms with Crippen molar-refractivity contribution >= 4 is 11.9 Å². The standard InChI is InChI=1S/C20H29NO4/c1-15(2)9-14-25-16(3)18(22)21-12-10-20(11-13-21,19(23)24)17-7-5-4-6-8-17/h4-8,15-16H,9-14H2,1-3H3,(H,23,24). The molecule has 0 bridgehead atoms. The molecule has 2 rings (SSSR count). The SMILES string of the molecule is CC(C)CCOC(C)C(=O)N1CCC(C(=O)O)(c2ccccc2)CC1. The molecule has 1 aliphatic rings. The lowest BCUT2D eigenvalue weighted by atomic mass is 9.73. The summed E-state index contributed by atoms with van der Waals surface area (Å²) in [5, 5.41) is 9.82. The van der Waals surface area contributed by atoms with Crippen molar-refractivity contribution < 1.29 is 19.4 Å². The maximum atomic E-state index is 12.5. The third kappa shape index (κ3) is 4.60. The molecule has 25 heavy (non-hydrogen) atoms. The van der Waals surface area contributed by atoms with Gasteiger partial charge in [0.05, 0.1) is 5.41 Å². The Morgan fingerprint density at radius 1 is 1.16 bits per heavy atom. The first-order chi connectivity index (χ1) is 11.9. The number of nitrogens with zero attached hydrogens (tertiary/aromatic N) is 1. The normalized spacial score (nSPS) is 18.2. The molecule has 0 aromatic heterocycles.